The van der Waals surface area contributed by atoms with Crippen LogP contribution in [0.1, 0.15) is 11.3 Å². The van der Waals surface area contributed by atoms with Crippen molar-refractivity contribution in [3.8, 4) is 28.0 Å². The third kappa shape index (κ3) is 10.9. The lowest BCUT2D eigenvalue weighted by atomic mass is 9.97. The zero-order chi connectivity index (χ0) is 30.2. The Bertz CT molecular complexity index is 1260. The second kappa shape index (κ2) is 17.3. The van der Waals surface area contributed by atoms with Gasteiger partial charge in [0.25, 0.3) is 0 Å². The molecule has 0 atom stereocenters. The van der Waals surface area contributed by atoms with Gasteiger partial charge in [0.15, 0.2) is 0 Å². The highest BCUT2D eigenvalue weighted by molar-refractivity contribution is 5.78. The van der Waals surface area contributed by atoms with Gasteiger partial charge in [-0.05, 0) is 53.1 Å². The number of amides is 1. The number of carbonyl (C=O) groups is 1. The number of benzene rings is 2. The summed E-state index contributed by atoms with van der Waals surface area (Å²) in [4.78, 5) is 16.3. The van der Waals surface area contributed by atoms with E-state index in [0.29, 0.717) is 79.9 Å². The molecule has 0 fully saturated rings. The van der Waals surface area contributed by atoms with E-state index in [1.807, 2.05) is 0 Å². The van der Waals surface area contributed by atoms with Crippen LogP contribution in [0.25, 0.3) is 22.3 Å². The molecule has 0 radical (unpaired) electrons. The molecule has 0 aliphatic rings. The SMILES string of the molecule is COCCOCCOCCOCCNC(=O)OCc1cc(-c2cc(-c3cccc(C(F)(F)F)c3)ccc2OC)ccn1. The summed E-state index contributed by atoms with van der Waals surface area (Å²) < 4.78 is 71.4. The highest BCUT2D eigenvalue weighted by Crippen LogP contribution is 2.36. The predicted octanol–water partition coefficient (Wildman–Crippen LogP) is 5.37. The van der Waals surface area contributed by atoms with Crippen molar-refractivity contribution in [2.75, 3.05) is 67.0 Å². The first kappa shape index (κ1) is 32.8. The number of nitrogens with zero attached hydrogens (tertiary/aromatic N) is 1. The molecule has 0 unspecified atom stereocenters. The molecule has 0 aliphatic heterocycles. The molecule has 42 heavy (non-hydrogen) atoms. The van der Waals surface area contributed by atoms with Crippen molar-refractivity contribution in [1.82, 2.24) is 10.3 Å². The van der Waals surface area contributed by atoms with E-state index in [-0.39, 0.29) is 13.2 Å². The molecule has 0 saturated heterocycles. The van der Waals surface area contributed by atoms with Gasteiger partial charge in [0.1, 0.15) is 12.4 Å². The normalized spacial score (nSPS) is 11.4. The summed E-state index contributed by atoms with van der Waals surface area (Å²) in [7, 11) is 3.12. The fourth-order valence-electron chi connectivity index (χ4n) is 3.81. The highest BCUT2D eigenvalue weighted by Gasteiger charge is 2.30. The minimum Gasteiger partial charge on any atom is -0.496 e. The number of methoxy groups -OCH3 is 2. The molecule has 0 aliphatic carbocycles. The van der Waals surface area contributed by atoms with Crippen molar-refractivity contribution in [3.63, 3.8) is 0 Å². The van der Waals surface area contributed by atoms with Crippen LogP contribution in [0, 0.1) is 0 Å². The van der Waals surface area contributed by atoms with Crippen molar-refractivity contribution in [3.05, 3.63) is 72.1 Å². The van der Waals surface area contributed by atoms with Gasteiger partial charge in [-0.1, -0.05) is 18.2 Å². The first-order valence-corrected chi connectivity index (χ1v) is 13.3. The van der Waals surface area contributed by atoms with Crippen LogP contribution in [-0.4, -0.2) is 78.1 Å². The number of hydrogen-bond donors (Lipinski definition) is 1. The third-order valence-electron chi connectivity index (χ3n) is 5.89. The number of aromatic nitrogens is 1. The van der Waals surface area contributed by atoms with Crippen LogP contribution in [0.15, 0.2) is 60.8 Å². The summed E-state index contributed by atoms with van der Waals surface area (Å²) in [5, 5.41) is 2.60. The summed E-state index contributed by atoms with van der Waals surface area (Å²) in [5.41, 5.74) is 2.12. The minimum absolute atomic E-state index is 0.0868. The van der Waals surface area contributed by atoms with E-state index in [9.17, 15) is 18.0 Å². The summed E-state index contributed by atoms with van der Waals surface area (Å²) in [6, 6.07) is 13.8. The molecule has 0 bridgehead atoms. The molecule has 0 spiro atoms. The number of nitrogens with one attached hydrogen (secondary N) is 1. The van der Waals surface area contributed by atoms with E-state index in [4.69, 9.17) is 28.4 Å². The maximum atomic E-state index is 13.2. The second-order valence-corrected chi connectivity index (χ2v) is 8.86. The maximum Gasteiger partial charge on any atom is 0.416 e. The molecule has 3 rings (SSSR count). The third-order valence-corrected chi connectivity index (χ3v) is 5.89. The Morgan fingerprint density at radius 3 is 2.19 bits per heavy atom. The highest BCUT2D eigenvalue weighted by atomic mass is 19.4. The minimum atomic E-state index is -4.44. The first-order chi connectivity index (χ1) is 20.3. The van der Waals surface area contributed by atoms with Crippen molar-refractivity contribution in [2.45, 2.75) is 12.8 Å². The van der Waals surface area contributed by atoms with Gasteiger partial charge in [-0.25, -0.2) is 4.79 Å². The predicted molar refractivity (Wildman–Crippen MR) is 149 cm³/mol. The van der Waals surface area contributed by atoms with Gasteiger partial charge < -0.3 is 33.7 Å². The van der Waals surface area contributed by atoms with Gasteiger partial charge in [-0.2, -0.15) is 13.2 Å². The maximum absolute atomic E-state index is 13.2. The summed E-state index contributed by atoms with van der Waals surface area (Å²) in [5.74, 6) is 0.530. The molecule has 12 heteroatoms. The van der Waals surface area contributed by atoms with Crippen LogP contribution < -0.4 is 10.1 Å². The number of pyridine rings is 1. The number of ether oxygens (including phenoxy) is 6. The Hall–Kier alpha value is -3.71. The van der Waals surface area contributed by atoms with Gasteiger partial charge in [-0.15, -0.1) is 0 Å². The molecule has 1 amide bonds. The number of alkyl carbamates (subject to hydrolysis) is 1. The Balaban J connectivity index is 1.47. The standard InChI is InChI=1S/C30H35F3N2O7/c1-37-12-13-40-16-17-41-15-14-39-11-10-35-29(36)42-21-26-19-24(8-9-34-26)27-20-23(6-7-28(27)38-2)22-4-3-5-25(18-22)30(31,32)33/h3-9,18-20H,10-17,21H2,1-2H3,(H,35,36). The van der Waals surface area contributed by atoms with Crippen molar-refractivity contribution < 1.29 is 46.4 Å². The monoisotopic (exact) mass is 592 g/mol. The van der Waals surface area contributed by atoms with E-state index in [2.05, 4.69) is 10.3 Å². The fraction of sp³-hybridized carbons (Fsp3) is 0.400. The van der Waals surface area contributed by atoms with Crippen LogP contribution in [0.4, 0.5) is 18.0 Å². The fourth-order valence-corrected chi connectivity index (χ4v) is 3.81. The van der Waals surface area contributed by atoms with Gasteiger partial charge >= 0.3 is 12.3 Å². The average Bonchev–Trinajstić information content (AvgIpc) is 3.00. The Morgan fingerprint density at radius 1 is 0.810 bits per heavy atom. The molecule has 3 aromatic rings. The Morgan fingerprint density at radius 2 is 1.50 bits per heavy atom. The van der Waals surface area contributed by atoms with Gasteiger partial charge in [0, 0.05) is 25.4 Å². The number of alkyl halides is 3. The quantitative estimate of drug-likeness (QED) is 0.209. The average molecular weight is 593 g/mol. The number of hydrogen-bond acceptors (Lipinski definition) is 8. The topological polar surface area (TPSA) is 97.4 Å². The van der Waals surface area contributed by atoms with E-state index in [1.165, 1.54) is 13.2 Å². The molecule has 2 aromatic carbocycles. The molecule has 0 saturated carbocycles. The number of rotatable bonds is 17. The summed E-state index contributed by atoms with van der Waals surface area (Å²) in [6.45, 7) is 3.25. The second-order valence-electron chi connectivity index (χ2n) is 8.86. The lowest BCUT2D eigenvalue weighted by Gasteiger charge is -2.14. The number of carbonyl (C=O) groups excluding carboxylic acids is 1. The van der Waals surface area contributed by atoms with Crippen LogP contribution in [-0.2, 0) is 36.5 Å². The molecule has 1 aromatic heterocycles. The largest absolute Gasteiger partial charge is 0.496 e. The molecule has 1 N–H and O–H groups in total. The van der Waals surface area contributed by atoms with Crippen LogP contribution in [0.3, 0.4) is 0 Å². The summed E-state index contributed by atoms with van der Waals surface area (Å²) >= 11 is 0. The van der Waals surface area contributed by atoms with Crippen molar-refractivity contribution >= 4 is 6.09 Å². The van der Waals surface area contributed by atoms with Gasteiger partial charge in [-0.3, -0.25) is 4.98 Å². The van der Waals surface area contributed by atoms with Crippen LogP contribution in [0.2, 0.25) is 0 Å². The lowest BCUT2D eigenvalue weighted by Crippen LogP contribution is -2.28. The van der Waals surface area contributed by atoms with E-state index in [0.717, 1.165) is 12.1 Å². The first-order valence-electron chi connectivity index (χ1n) is 13.3. The molecule has 1 heterocycles. The molecular formula is C30H35F3N2O7. The molecule has 9 nitrogen and oxygen atoms in total. The van der Waals surface area contributed by atoms with Gasteiger partial charge in [0.2, 0.25) is 0 Å². The van der Waals surface area contributed by atoms with E-state index in [1.54, 1.807) is 49.7 Å². The summed E-state index contributed by atoms with van der Waals surface area (Å²) in [6.07, 6.45) is -3.51. The van der Waals surface area contributed by atoms with Crippen LogP contribution >= 0.6 is 0 Å². The van der Waals surface area contributed by atoms with E-state index < -0.39 is 17.8 Å². The van der Waals surface area contributed by atoms with Crippen molar-refractivity contribution in [1.29, 1.82) is 0 Å². The zero-order valence-corrected chi connectivity index (χ0v) is 23.6. The van der Waals surface area contributed by atoms with Gasteiger partial charge in [0.05, 0.1) is 64.6 Å². The Labute approximate surface area is 242 Å². The van der Waals surface area contributed by atoms with Crippen molar-refractivity contribution in [2.24, 2.45) is 0 Å². The molecule has 228 valence electrons. The zero-order valence-electron chi connectivity index (χ0n) is 23.6. The van der Waals surface area contributed by atoms with Crippen LogP contribution in [0.5, 0.6) is 5.75 Å². The number of halogens is 3. The lowest BCUT2D eigenvalue weighted by molar-refractivity contribution is -0.137. The van der Waals surface area contributed by atoms with E-state index >= 15 is 0 Å². The smallest absolute Gasteiger partial charge is 0.416 e. The molecular weight excluding hydrogens is 557 g/mol. The Kier molecular flexibility index (Phi) is 13.5.